The van der Waals surface area contributed by atoms with Gasteiger partial charge in [0, 0.05) is 12.6 Å². The van der Waals surface area contributed by atoms with E-state index < -0.39 is 0 Å². The van der Waals surface area contributed by atoms with Crippen molar-refractivity contribution in [2.24, 2.45) is 0 Å². The normalized spacial score (nSPS) is 12.5. The fraction of sp³-hybridized carbons (Fsp3) is 0.556. The van der Waals surface area contributed by atoms with Crippen LogP contribution in [0.25, 0.3) is 0 Å². The van der Waals surface area contributed by atoms with E-state index in [9.17, 15) is 4.79 Å². The lowest BCUT2D eigenvalue weighted by Crippen LogP contribution is -2.26. The molecule has 0 amide bonds. The topological polar surface area (TPSA) is 67.2 Å². The molecule has 0 fully saturated rings. The highest BCUT2D eigenvalue weighted by molar-refractivity contribution is 6.32. The summed E-state index contributed by atoms with van der Waals surface area (Å²) in [6.45, 7) is 4.04. The number of aliphatic hydroxyl groups excluding tert-OH is 1. The zero-order chi connectivity index (χ0) is 11.4. The maximum absolute atomic E-state index is 11.6. The highest BCUT2D eigenvalue weighted by Crippen LogP contribution is 2.15. The van der Waals surface area contributed by atoms with Gasteiger partial charge in [-0.2, -0.15) is 5.10 Å². The quantitative estimate of drug-likeness (QED) is 0.801. The Balaban J connectivity index is 3.02. The Morgan fingerprint density at radius 3 is 2.93 bits per heavy atom. The number of nitrogens with zero attached hydrogens (tertiary/aromatic N) is 2. The molecule has 0 aliphatic heterocycles. The smallest absolute Gasteiger partial charge is 0.287 e. The second-order valence-electron chi connectivity index (χ2n) is 3.22. The molecule has 0 aliphatic carbocycles. The summed E-state index contributed by atoms with van der Waals surface area (Å²) in [7, 11) is 0. The van der Waals surface area contributed by atoms with Gasteiger partial charge in [-0.25, -0.2) is 4.68 Å². The van der Waals surface area contributed by atoms with E-state index in [1.54, 1.807) is 6.92 Å². The number of rotatable bonds is 4. The van der Waals surface area contributed by atoms with Crippen molar-refractivity contribution in [1.29, 1.82) is 0 Å². The first kappa shape index (κ1) is 12.0. The monoisotopic (exact) mass is 231 g/mol. The van der Waals surface area contributed by atoms with Gasteiger partial charge in [-0.15, -0.1) is 0 Å². The van der Waals surface area contributed by atoms with E-state index >= 15 is 0 Å². The standard InChI is InChI=1S/C9H14ClN3O2/c1-3-13-9(15)8(10)7(4-11-13)12-6(2)5-14/h4,6,12,14H,3,5H2,1-2H3. The maximum atomic E-state index is 11.6. The van der Waals surface area contributed by atoms with E-state index in [2.05, 4.69) is 10.4 Å². The summed E-state index contributed by atoms with van der Waals surface area (Å²) in [5.41, 5.74) is 0.127. The van der Waals surface area contributed by atoms with Crippen LogP contribution in [0.4, 0.5) is 5.69 Å². The molecule has 15 heavy (non-hydrogen) atoms. The van der Waals surface area contributed by atoms with Gasteiger partial charge in [-0.1, -0.05) is 11.6 Å². The molecule has 0 saturated carbocycles. The zero-order valence-corrected chi connectivity index (χ0v) is 9.45. The summed E-state index contributed by atoms with van der Waals surface area (Å²) in [6, 6.07) is -0.166. The molecule has 0 aliphatic rings. The zero-order valence-electron chi connectivity index (χ0n) is 8.70. The molecule has 0 aromatic carbocycles. The SMILES string of the molecule is CCn1ncc(NC(C)CO)c(Cl)c1=O. The van der Waals surface area contributed by atoms with Crippen LogP contribution in [0.3, 0.4) is 0 Å². The number of aromatic nitrogens is 2. The van der Waals surface area contributed by atoms with Crippen molar-refractivity contribution < 1.29 is 5.11 Å². The van der Waals surface area contributed by atoms with Crippen molar-refractivity contribution in [1.82, 2.24) is 9.78 Å². The minimum Gasteiger partial charge on any atom is -0.394 e. The Morgan fingerprint density at radius 2 is 2.40 bits per heavy atom. The molecule has 2 N–H and O–H groups in total. The fourth-order valence-corrected chi connectivity index (χ4v) is 1.30. The Kier molecular flexibility index (Phi) is 4.11. The van der Waals surface area contributed by atoms with Gasteiger partial charge in [-0.3, -0.25) is 4.79 Å². The third kappa shape index (κ3) is 2.70. The van der Waals surface area contributed by atoms with Crippen LogP contribution in [0.5, 0.6) is 0 Å². The van der Waals surface area contributed by atoms with E-state index in [1.807, 2.05) is 6.92 Å². The van der Waals surface area contributed by atoms with Crippen molar-refractivity contribution in [3.63, 3.8) is 0 Å². The molecule has 0 bridgehead atoms. The molecule has 1 atom stereocenters. The maximum Gasteiger partial charge on any atom is 0.287 e. The molecule has 0 radical (unpaired) electrons. The lowest BCUT2D eigenvalue weighted by molar-refractivity contribution is 0.281. The second-order valence-corrected chi connectivity index (χ2v) is 3.60. The molecule has 5 nitrogen and oxygen atoms in total. The Bertz CT molecular complexity index is 391. The van der Waals surface area contributed by atoms with Crippen molar-refractivity contribution in [3.05, 3.63) is 21.6 Å². The Hall–Kier alpha value is -1.07. The van der Waals surface area contributed by atoms with Crippen molar-refractivity contribution >= 4 is 17.3 Å². The first-order valence-electron chi connectivity index (χ1n) is 4.73. The summed E-state index contributed by atoms with van der Waals surface area (Å²) in [4.78, 5) is 11.6. The van der Waals surface area contributed by atoms with Gasteiger partial charge in [0.1, 0.15) is 5.02 Å². The summed E-state index contributed by atoms with van der Waals surface area (Å²) in [5.74, 6) is 0. The van der Waals surface area contributed by atoms with Crippen LogP contribution in [-0.2, 0) is 6.54 Å². The van der Waals surface area contributed by atoms with Gasteiger partial charge >= 0.3 is 0 Å². The van der Waals surface area contributed by atoms with E-state index in [4.69, 9.17) is 16.7 Å². The van der Waals surface area contributed by atoms with Gasteiger partial charge in [0.15, 0.2) is 0 Å². The average Bonchev–Trinajstić information content (AvgIpc) is 2.25. The summed E-state index contributed by atoms with van der Waals surface area (Å²) in [5, 5.41) is 15.8. The summed E-state index contributed by atoms with van der Waals surface area (Å²) >= 11 is 5.86. The van der Waals surface area contributed by atoms with Crippen molar-refractivity contribution in [3.8, 4) is 0 Å². The predicted octanol–water partition coefficient (Wildman–Crippen LogP) is 0.709. The first-order valence-corrected chi connectivity index (χ1v) is 5.11. The summed E-state index contributed by atoms with van der Waals surface area (Å²) in [6.07, 6.45) is 1.49. The number of aryl methyl sites for hydroxylation is 1. The van der Waals surface area contributed by atoms with E-state index in [0.29, 0.717) is 12.2 Å². The van der Waals surface area contributed by atoms with E-state index in [-0.39, 0.29) is 23.2 Å². The third-order valence-electron chi connectivity index (χ3n) is 1.96. The summed E-state index contributed by atoms with van der Waals surface area (Å²) < 4.78 is 1.27. The predicted molar refractivity (Wildman–Crippen MR) is 59.4 cm³/mol. The van der Waals surface area contributed by atoms with Gasteiger partial charge < -0.3 is 10.4 Å². The fourth-order valence-electron chi connectivity index (χ4n) is 1.10. The van der Waals surface area contributed by atoms with Crippen LogP contribution >= 0.6 is 11.6 Å². The lowest BCUT2D eigenvalue weighted by Gasteiger charge is -2.13. The first-order chi connectivity index (χ1) is 7.10. The minimum atomic E-state index is -0.325. The van der Waals surface area contributed by atoms with Crippen LogP contribution in [-0.4, -0.2) is 27.5 Å². The molecular weight excluding hydrogens is 218 g/mol. The van der Waals surface area contributed by atoms with Gasteiger partial charge in [-0.05, 0) is 13.8 Å². The Morgan fingerprint density at radius 1 is 1.73 bits per heavy atom. The molecule has 1 heterocycles. The third-order valence-corrected chi connectivity index (χ3v) is 2.33. The Labute approximate surface area is 92.7 Å². The molecule has 84 valence electrons. The molecule has 1 unspecified atom stereocenters. The molecule has 0 spiro atoms. The number of aliphatic hydroxyl groups is 1. The van der Waals surface area contributed by atoms with Gasteiger partial charge in [0.05, 0.1) is 18.5 Å². The van der Waals surface area contributed by atoms with Crippen molar-refractivity contribution in [2.75, 3.05) is 11.9 Å². The number of halogens is 1. The second kappa shape index (κ2) is 5.14. The van der Waals surface area contributed by atoms with E-state index in [1.165, 1.54) is 10.9 Å². The molecule has 6 heteroatoms. The highest BCUT2D eigenvalue weighted by atomic mass is 35.5. The molecular formula is C9H14ClN3O2. The molecule has 0 saturated heterocycles. The van der Waals surface area contributed by atoms with Crippen LogP contribution in [0.15, 0.2) is 11.0 Å². The van der Waals surface area contributed by atoms with Crippen LogP contribution < -0.4 is 10.9 Å². The number of anilines is 1. The van der Waals surface area contributed by atoms with Crippen molar-refractivity contribution in [2.45, 2.75) is 26.4 Å². The number of hydrogen-bond acceptors (Lipinski definition) is 4. The molecule has 1 rings (SSSR count). The number of hydrogen-bond donors (Lipinski definition) is 2. The molecule has 1 aromatic rings. The lowest BCUT2D eigenvalue weighted by atomic mass is 10.3. The number of nitrogens with one attached hydrogen (secondary N) is 1. The minimum absolute atomic E-state index is 0.0345. The average molecular weight is 232 g/mol. The van der Waals surface area contributed by atoms with E-state index in [0.717, 1.165) is 0 Å². The largest absolute Gasteiger partial charge is 0.394 e. The van der Waals surface area contributed by atoms with Crippen LogP contribution in [0.2, 0.25) is 5.02 Å². The van der Waals surface area contributed by atoms with Gasteiger partial charge in [0.25, 0.3) is 5.56 Å². The van der Waals surface area contributed by atoms with Crippen LogP contribution in [0.1, 0.15) is 13.8 Å². The van der Waals surface area contributed by atoms with Crippen LogP contribution in [0, 0.1) is 0 Å². The highest BCUT2D eigenvalue weighted by Gasteiger charge is 2.09. The van der Waals surface area contributed by atoms with Gasteiger partial charge in [0.2, 0.25) is 0 Å². The molecule has 1 aromatic heterocycles.